The lowest BCUT2D eigenvalue weighted by atomic mass is 9.87. The maximum absolute atomic E-state index is 14.8. The van der Waals surface area contributed by atoms with E-state index in [0.717, 1.165) is 41.7 Å². The standard InChI is InChI=1S/C39H36ClN3O3S/c40-28-21-19-26(20-22-28)35(44)34-33(24-42(29-9-3-1-4-10-29)30-11-5-2-6-12-30)36(27-17-15-25(23-41)16-18-27)47-39(34)43-37(45)31-13-7-8-14-32(31)38(43)46/h7-8,13-22,29-30H,1-6,9-12,24H2. The first-order chi connectivity index (χ1) is 22.9. The number of hydrogen-bond donors (Lipinski definition) is 0. The Kier molecular flexibility index (Phi) is 9.09. The second-order valence-corrected chi connectivity index (χ2v) is 14.3. The number of anilines is 1. The third-order valence-corrected chi connectivity index (χ3v) is 11.5. The zero-order valence-corrected chi connectivity index (χ0v) is 27.8. The van der Waals surface area contributed by atoms with E-state index in [0.29, 0.717) is 56.5 Å². The monoisotopic (exact) mass is 661 g/mol. The number of nitriles is 1. The van der Waals surface area contributed by atoms with Crippen molar-refractivity contribution in [3.05, 3.63) is 111 Å². The molecule has 0 radical (unpaired) electrons. The smallest absolute Gasteiger partial charge is 0.266 e. The second-order valence-electron chi connectivity index (χ2n) is 12.9. The van der Waals surface area contributed by atoms with E-state index >= 15 is 0 Å². The van der Waals surface area contributed by atoms with Crippen LogP contribution in [0.1, 0.15) is 112 Å². The molecule has 0 atom stereocenters. The van der Waals surface area contributed by atoms with E-state index in [-0.39, 0.29) is 5.78 Å². The molecule has 0 spiro atoms. The highest BCUT2D eigenvalue weighted by Gasteiger charge is 2.42. The molecule has 1 aliphatic heterocycles. The van der Waals surface area contributed by atoms with Crippen molar-refractivity contribution in [2.45, 2.75) is 82.8 Å². The van der Waals surface area contributed by atoms with Crippen molar-refractivity contribution >= 4 is 45.5 Å². The van der Waals surface area contributed by atoms with Crippen LogP contribution in [-0.2, 0) is 6.54 Å². The number of carbonyl (C=O) groups excluding carboxylic acids is 3. The highest BCUT2D eigenvalue weighted by molar-refractivity contribution is 7.20. The van der Waals surface area contributed by atoms with Crippen LogP contribution >= 0.6 is 22.9 Å². The number of imide groups is 1. The molecule has 0 bridgehead atoms. The van der Waals surface area contributed by atoms with E-state index in [4.69, 9.17) is 11.6 Å². The van der Waals surface area contributed by atoms with Crippen LogP contribution in [0.25, 0.3) is 10.4 Å². The number of nitrogens with zero attached hydrogens (tertiary/aromatic N) is 3. The number of ketones is 1. The van der Waals surface area contributed by atoms with E-state index in [9.17, 15) is 19.6 Å². The quantitative estimate of drug-likeness (QED) is 0.139. The van der Waals surface area contributed by atoms with Crippen LogP contribution in [0.4, 0.5) is 5.00 Å². The molecule has 3 aliphatic rings. The Labute approximate surface area is 284 Å². The van der Waals surface area contributed by atoms with Gasteiger partial charge in [-0.1, -0.05) is 74.4 Å². The van der Waals surface area contributed by atoms with Crippen LogP contribution in [0.15, 0.2) is 72.8 Å². The summed E-state index contributed by atoms with van der Waals surface area (Å²) < 4.78 is 0. The molecular formula is C39H36ClN3O3S. The number of carbonyl (C=O) groups is 3. The van der Waals surface area contributed by atoms with Crippen LogP contribution in [0.2, 0.25) is 5.02 Å². The molecule has 3 aromatic carbocycles. The molecule has 8 heteroatoms. The van der Waals surface area contributed by atoms with Gasteiger partial charge in [0.05, 0.1) is 28.3 Å². The number of fused-ring (bicyclic) bond motifs is 1. The summed E-state index contributed by atoms with van der Waals surface area (Å²) in [6.45, 7) is 0.541. The summed E-state index contributed by atoms with van der Waals surface area (Å²) in [5.74, 6) is -1.09. The van der Waals surface area contributed by atoms with Gasteiger partial charge in [-0.3, -0.25) is 19.3 Å². The molecule has 4 aromatic rings. The Bertz CT molecular complexity index is 1810. The van der Waals surface area contributed by atoms with Gasteiger partial charge in [0.25, 0.3) is 11.8 Å². The molecule has 2 heterocycles. The minimum atomic E-state index is -0.425. The lowest BCUT2D eigenvalue weighted by Gasteiger charge is -2.42. The van der Waals surface area contributed by atoms with Gasteiger partial charge in [-0.05, 0) is 85.3 Å². The van der Waals surface area contributed by atoms with Gasteiger partial charge in [0.1, 0.15) is 5.00 Å². The van der Waals surface area contributed by atoms with Crippen molar-refractivity contribution in [3.63, 3.8) is 0 Å². The van der Waals surface area contributed by atoms with Gasteiger partial charge in [-0.15, -0.1) is 11.3 Å². The van der Waals surface area contributed by atoms with Crippen LogP contribution in [0.5, 0.6) is 0 Å². The number of halogens is 1. The van der Waals surface area contributed by atoms with Gasteiger partial charge in [-0.25, -0.2) is 4.90 Å². The van der Waals surface area contributed by atoms with Crippen molar-refractivity contribution in [3.8, 4) is 16.5 Å². The SMILES string of the molecule is N#Cc1ccc(-c2sc(N3C(=O)c4ccccc4C3=O)c(C(=O)c3ccc(Cl)cc3)c2CN(C2CCCCC2)C2CCCCC2)cc1. The predicted molar refractivity (Wildman–Crippen MR) is 186 cm³/mol. The first-order valence-electron chi connectivity index (χ1n) is 16.6. The minimum Gasteiger partial charge on any atom is -0.293 e. The van der Waals surface area contributed by atoms with Gasteiger partial charge in [0, 0.05) is 34.1 Å². The summed E-state index contributed by atoms with van der Waals surface area (Å²) in [5.41, 5.74) is 3.73. The Morgan fingerprint density at radius 1 is 0.809 bits per heavy atom. The molecule has 0 N–H and O–H groups in total. The molecule has 2 aliphatic carbocycles. The van der Waals surface area contributed by atoms with Crippen molar-refractivity contribution in [1.29, 1.82) is 5.26 Å². The van der Waals surface area contributed by atoms with Gasteiger partial charge in [-0.2, -0.15) is 5.26 Å². The zero-order chi connectivity index (χ0) is 32.5. The van der Waals surface area contributed by atoms with Crippen molar-refractivity contribution < 1.29 is 14.4 Å². The lowest BCUT2D eigenvalue weighted by Crippen LogP contribution is -2.44. The average molecular weight is 662 g/mol. The van der Waals surface area contributed by atoms with E-state index in [2.05, 4.69) is 11.0 Å². The van der Waals surface area contributed by atoms with Crippen molar-refractivity contribution in [1.82, 2.24) is 4.90 Å². The molecule has 238 valence electrons. The first kappa shape index (κ1) is 31.5. The molecule has 0 saturated heterocycles. The fourth-order valence-corrected chi connectivity index (χ4v) is 9.05. The Morgan fingerprint density at radius 2 is 1.36 bits per heavy atom. The van der Waals surface area contributed by atoms with E-state index in [1.165, 1.54) is 54.8 Å². The number of amides is 2. The Balaban J connectivity index is 1.45. The summed E-state index contributed by atoms with van der Waals surface area (Å²) in [6.07, 6.45) is 11.7. The van der Waals surface area contributed by atoms with Crippen LogP contribution < -0.4 is 4.90 Å². The maximum atomic E-state index is 14.8. The summed E-state index contributed by atoms with van der Waals surface area (Å²) in [4.78, 5) is 47.4. The van der Waals surface area contributed by atoms with Gasteiger partial charge < -0.3 is 0 Å². The average Bonchev–Trinajstić information content (AvgIpc) is 3.61. The fourth-order valence-electron chi connectivity index (χ4n) is 7.61. The van der Waals surface area contributed by atoms with Gasteiger partial charge in [0.15, 0.2) is 5.78 Å². The van der Waals surface area contributed by atoms with Crippen LogP contribution in [0, 0.1) is 11.3 Å². The number of hydrogen-bond acceptors (Lipinski definition) is 6. The summed E-state index contributed by atoms with van der Waals surface area (Å²) in [5, 5.41) is 10.4. The molecular weight excluding hydrogens is 626 g/mol. The summed E-state index contributed by atoms with van der Waals surface area (Å²) >= 11 is 7.55. The molecule has 2 amide bonds. The molecule has 47 heavy (non-hydrogen) atoms. The highest BCUT2D eigenvalue weighted by atomic mass is 35.5. The third kappa shape index (κ3) is 6.07. The number of thiophene rings is 1. The molecule has 2 fully saturated rings. The normalized spacial score (nSPS) is 17.3. The summed E-state index contributed by atoms with van der Waals surface area (Å²) in [7, 11) is 0. The second kappa shape index (κ2) is 13.6. The topological polar surface area (TPSA) is 81.5 Å². The molecule has 0 unspecified atom stereocenters. The number of benzene rings is 3. The Hall–Kier alpha value is -4.09. The van der Waals surface area contributed by atoms with E-state index in [1.807, 2.05) is 12.1 Å². The van der Waals surface area contributed by atoms with E-state index in [1.54, 1.807) is 60.7 Å². The predicted octanol–water partition coefficient (Wildman–Crippen LogP) is 9.44. The number of rotatable bonds is 8. The molecule has 1 aromatic heterocycles. The van der Waals surface area contributed by atoms with Crippen LogP contribution in [0.3, 0.4) is 0 Å². The minimum absolute atomic E-state index is 0.244. The maximum Gasteiger partial charge on any atom is 0.266 e. The van der Waals surface area contributed by atoms with Crippen LogP contribution in [-0.4, -0.2) is 34.6 Å². The Morgan fingerprint density at radius 3 is 1.89 bits per heavy atom. The van der Waals surface area contributed by atoms with Crippen molar-refractivity contribution in [2.75, 3.05) is 4.90 Å². The van der Waals surface area contributed by atoms with E-state index < -0.39 is 11.8 Å². The molecule has 6 nitrogen and oxygen atoms in total. The van der Waals surface area contributed by atoms with Gasteiger partial charge >= 0.3 is 0 Å². The largest absolute Gasteiger partial charge is 0.293 e. The first-order valence-corrected chi connectivity index (χ1v) is 17.8. The molecule has 2 saturated carbocycles. The fraction of sp³-hybridized carbons (Fsp3) is 0.333. The molecule has 7 rings (SSSR count). The highest BCUT2D eigenvalue weighted by Crippen LogP contribution is 2.47. The van der Waals surface area contributed by atoms with Crippen molar-refractivity contribution in [2.24, 2.45) is 0 Å². The van der Waals surface area contributed by atoms with Gasteiger partial charge in [0.2, 0.25) is 0 Å². The zero-order valence-electron chi connectivity index (χ0n) is 26.2. The third-order valence-electron chi connectivity index (χ3n) is 10.0. The lowest BCUT2D eigenvalue weighted by molar-refractivity contribution is 0.0728. The summed E-state index contributed by atoms with van der Waals surface area (Å²) in [6, 6.07) is 24.0.